The third-order valence-electron chi connectivity index (χ3n) is 5.00. The second kappa shape index (κ2) is 3.52. The SMILES string of the molecule is C#CCN(CC)C(=O)C1C2C3CCC(C3)C12. The maximum absolute atomic E-state index is 12.3. The Morgan fingerprint density at radius 2 is 2.00 bits per heavy atom. The minimum Gasteiger partial charge on any atom is -0.332 e. The molecule has 3 aliphatic rings. The van der Waals surface area contributed by atoms with Gasteiger partial charge in [0.25, 0.3) is 0 Å². The zero-order valence-corrected chi connectivity index (χ0v) is 9.86. The Morgan fingerprint density at radius 3 is 2.50 bits per heavy atom. The van der Waals surface area contributed by atoms with Crippen LogP contribution in [0.4, 0.5) is 0 Å². The summed E-state index contributed by atoms with van der Waals surface area (Å²) in [6.07, 6.45) is 9.45. The predicted molar refractivity (Wildman–Crippen MR) is 62.4 cm³/mol. The molecule has 0 aromatic heterocycles. The van der Waals surface area contributed by atoms with Crippen LogP contribution in [0.25, 0.3) is 0 Å². The molecule has 0 radical (unpaired) electrons. The van der Waals surface area contributed by atoms with Crippen molar-refractivity contribution in [3.05, 3.63) is 0 Å². The highest BCUT2D eigenvalue weighted by Crippen LogP contribution is 2.69. The maximum Gasteiger partial charge on any atom is 0.227 e. The minimum absolute atomic E-state index is 0.340. The van der Waals surface area contributed by atoms with Crippen molar-refractivity contribution in [2.24, 2.45) is 29.6 Å². The van der Waals surface area contributed by atoms with Gasteiger partial charge in [0.05, 0.1) is 6.54 Å². The molecule has 0 aromatic carbocycles. The molecular weight excluding hydrogens is 198 g/mol. The number of rotatable bonds is 3. The molecule has 16 heavy (non-hydrogen) atoms. The Morgan fingerprint density at radius 1 is 1.38 bits per heavy atom. The molecule has 3 fully saturated rings. The van der Waals surface area contributed by atoms with Crippen LogP contribution in [0, 0.1) is 41.9 Å². The summed E-state index contributed by atoms with van der Waals surface area (Å²) >= 11 is 0. The van der Waals surface area contributed by atoms with Crippen LogP contribution in [0.1, 0.15) is 26.2 Å². The Labute approximate surface area is 97.4 Å². The molecule has 0 N–H and O–H groups in total. The van der Waals surface area contributed by atoms with E-state index in [2.05, 4.69) is 5.92 Å². The van der Waals surface area contributed by atoms with E-state index in [-0.39, 0.29) is 0 Å². The van der Waals surface area contributed by atoms with Gasteiger partial charge in [-0.05, 0) is 49.9 Å². The fourth-order valence-corrected chi connectivity index (χ4v) is 4.32. The Kier molecular flexibility index (Phi) is 2.24. The molecule has 0 heterocycles. The van der Waals surface area contributed by atoms with Crippen molar-refractivity contribution in [1.29, 1.82) is 0 Å². The lowest BCUT2D eigenvalue weighted by molar-refractivity contribution is -0.132. The van der Waals surface area contributed by atoms with Gasteiger partial charge in [-0.1, -0.05) is 5.92 Å². The van der Waals surface area contributed by atoms with Gasteiger partial charge < -0.3 is 4.90 Å². The van der Waals surface area contributed by atoms with Crippen LogP contribution in [0.2, 0.25) is 0 Å². The van der Waals surface area contributed by atoms with Crippen molar-refractivity contribution in [2.45, 2.75) is 26.2 Å². The molecule has 3 rings (SSSR count). The van der Waals surface area contributed by atoms with Crippen LogP contribution in [0.15, 0.2) is 0 Å². The van der Waals surface area contributed by atoms with E-state index >= 15 is 0 Å². The normalized spacial score (nSPS) is 42.6. The van der Waals surface area contributed by atoms with E-state index in [0.29, 0.717) is 18.4 Å². The molecule has 2 bridgehead atoms. The van der Waals surface area contributed by atoms with Crippen LogP contribution >= 0.6 is 0 Å². The molecule has 3 aliphatic carbocycles. The highest BCUT2D eigenvalue weighted by Gasteiger charge is 2.67. The zero-order valence-electron chi connectivity index (χ0n) is 9.86. The Bertz CT molecular complexity index is 340. The summed E-state index contributed by atoms with van der Waals surface area (Å²) in [5, 5.41) is 0. The number of hydrogen-bond donors (Lipinski definition) is 0. The van der Waals surface area contributed by atoms with Crippen molar-refractivity contribution in [3.8, 4) is 12.3 Å². The quantitative estimate of drug-likeness (QED) is 0.660. The number of amides is 1. The van der Waals surface area contributed by atoms with Crippen LogP contribution < -0.4 is 0 Å². The highest BCUT2D eigenvalue weighted by molar-refractivity contribution is 5.83. The molecular formula is C14H19NO. The lowest BCUT2D eigenvalue weighted by Crippen LogP contribution is -2.34. The molecule has 2 heteroatoms. The van der Waals surface area contributed by atoms with Crippen LogP contribution in [-0.4, -0.2) is 23.9 Å². The Hall–Kier alpha value is -0.970. The molecule has 4 unspecified atom stereocenters. The minimum atomic E-state index is 0.340. The van der Waals surface area contributed by atoms with Crippen molar-refractivity contribution < 1.29 is 4.79 Å². The summed E-state index contributed by atoms with van der Waals surface area (Å²) in [4.78, 5) is 14.1. The van der Waals surface area contributed by atoms with Gasteiger partial charge in [0.2, 0.25) is 5.91 Å². The number of terminal acetylenes is 1. The molecule has 86 valence electrons. The summed E-state index contributed by atoms with van der Waals surface area (Å²) in [5.74, 6) is 6.48. The third-order valence-corrected chi connectivity index (χ3v) is 5.00. The molecule has 0 aliphatic heterocycles. The molecule has 0 spiro atoms. The first kappa shape index (κ1) is 10.2. The number of hydrogen-bond acceptors (Lipinski definition) is 1. The van der Waals surface area contributed by atoms with Crippen molar-refractivity contribution in [1.82, 2.24) is 4.90 Å². The lowest BCUT2D eigenvalue weighted by Gasteiger charge is -2.19. The summed E-state index contributed by atoms with van der Waals surface area (Å²) in [5.41, 5.74) is 0. The van der Waals surface area contributed by atoms with Crippen LogP contribution in [0.3, 0.4) is 0 Å². The smallest absolute Gasteiger partial charge is 0.227 e. The summed E-state index contributed by atoms with van der Waals surface area (Å²) in [6.45, 7) is 3.26. The molecule has 0 aromatic rings. The van der Waals surface area contributed by atoms with E-state index in [9.17, 15) is 4.79 Å². The molecule has 1 amide bonds. The van der Waals surface area contributed by atoms with E-state index in [1.54, 1.807) is 0 Å². The van der Waals surface area contributed by atoms with Gasteiger partial charge in [-0.2, -0.15) is 0 Å². The monoisotopic (exact) mass is 217 g/mol. The van der Waals surface area contributed by atoms with E-state index in [1.165, 1.54) is 19.3 Å². The van der Waals surface area contributed by atoms with Gasteiger partial charge in [-0.25, -0.2) is 0 Å². The fourth-order valence-electron chi connectivity index (χ4n) is 4.32. The number of fused-ring (bicyclic) bond motifs is 5. The molecule has 0 saturated heterocycles. The van der Waals surface area contributed by atoms with Gasteiger partial charge in [-0.15, -0.1) is 6.42 Å². The van der Waals surface area contributed by atoms with Gasteiger partial charge in [0.15, 0.2) is 0 Å². The standard InChI is InChI=1S/C14H19NO/c1-3-7-15(4-2)14(16)13-11-9-5-6-10(8-9)12(11)13/h1,9-13H,4-8H2,2H3. The summed E-state index contributed by atoms with van der Waals surface area (Å²) < 4.78 is 0. The average molecular weight is 217 g/mol. The zero-order chi connectivity index (χ0) is 11.3. The lowest BCUT2D eigenvalue weighted by atomic mass is 10.0. The highest BCUT2D eigenvalue weighted by atomic mass is 16.2. The fraction of sp³-hybridized carbons (Fsp3) is 0.786. The van der Waals surface area contributed by atoms with Crippen LogP contribution in [0.5, 0.6) is 0 Å². The first-order valence-corrected chi connectivity index (χ1v) is 6.50. The van der Waals surface area contributed by atoms with E-state index in [4.69, 9.17) is 6.42 Å². The van der Waals surface area contributed by atoms with E-state index in [1.807, 2.05) is 11.8 Å². The molecule has 2 nitrogen and oxygen atoms in total. The first-order chi connectivity index (χ1) is 7.77. The second-order valence-corrected chi connectivity index (χ2v) is 5.57. The van der Waals surface area contributed by atoms with E-state index < -0.39 is 0 Å². The van der Waals surface area contributed by atoms with Crippen molar-refractivity contribution in [3.63, 3.8) is 0 Å². The third kappa shape index (κ3) is 1.24. The van der Waals surface area contributed by atoms with Crippen molar-refractivity contribution in [2.75, 3.05) is 13.1 Å². The first-order valence-electron chi connectivity index (χ1n) is 6.50. The van der Waals surface area contributed by atoms with Crippen LogP contribution in [-0.2, 0) is 4.79 Å². The average Bonchev–Trinajstić information content (AvgIpc) is 2.74. The second-order valence-electron chi connectivity index (χ2n) is 5.57. The largest absolute Gasteiger partial charge is 0.332 e. The summed E-state index contributed by atoms with van der Waals surface area (Å²) in [6, 6.07) is 0. The number of carbonyl (C=O) groups excluding carboxylic acids is 1. The van der Waals surface area contributed by atoms with Gasteiger partial charge >= 0.3 is 0 Å². The van der Waals surface area contributed by atoms with Crippen molar-refractivity contribution >= 4 is 5.91 Å². The van der Waals surface area contributed by atoms with Gasteiger partial charge in [0, 0.05) is 12.5 Å². The number of nitrogens with zero attached hydrogens (tertiary/aromatic N) is 1. The molecule has 4 atom stereocenters. The van der Waals surface area contributed by atoms with Gasteiger partial charge in [-0.3, -0.25) is 4.79 Å². The Balaban J connectivity index is 1.68. The van der Waals surface area contributed by atoms with Gasteiger partial charge in [0.1, 0.15) is 0 Å². The maximum atomic E-state index is 12.3. The van der Waals surface area contributed by atoms with E-state index in [0.717, 1.165) is 30.2 Å². The summed E-state index contributed by atoms with van der Waals surface area (Å²) in [7, 11) is 0. The topological polar surface area (TPSA) is 20.3 Å². The predicted octanol–water partition coefficient (Wildman–Crippen LogP) is 1.76. The molecule has 3 saturated carbocycles. The number of carbonyl (C=O) groups is 1.